The number of furan rings is 1. The molecular formula is C13H20F3NO. The molecule has 0 bridgehead atoms. The number of rotatable bonds is 6. The van der Waals surface area contributed by atoms with Gasteiger partial charge in [0.2, 0.25) is 0 Å². The lowest BCUT2D eigenvalue weighted by molar-refractivity contribution is -0.135. The van der Waals surface area contributed by atoms with Gasteiger partial charge in [-0.25, -0.2) is 0 Å². The molecule has 2 nitrogen and oxygen atoms in total. The van der Waals surface area contributed by atoms with Gasteiger partial charge < -0.3 is 9.73 Å². The van der Waals surface area contributed by atoms with Crippen LogP contribution in [-0.2, 0) is 0 Å². The van der Waals surface area contributed by atoms with Crippen molar-refractivity contribution in [3.8, 4) is 0 Å². The molecule has 0 spiro atoms. The summed E-state index contributed by atoms with van der Waals surface area (Å²) in [7, 11) is 0. The third kappa shape index (κ3) is 5.58. The van der Waals surface area contributed by atoms with E-state index in [1.165, 1.54) is 0 Å². The van der Waals surface area contributed by atoms with E-state index in [0.717, 1.165) is 11.5 Å². The molecule has 1 rings (SSSR count). The Morgan fingerprint density at radius 3 is 2.44 bits per heavy atom. The molecule has 0 radical (unpaired) electrons. The van der Waals surface area contributed by atoms with Gasteiger partial charge in [-0.3, -0.25) is 0 Å². The molecule has 1 N–H and O–H groups in total. The second-order valence-corrected chi connectivity index (χ2v) is 4.75. The predicted octanol–water partition coefficient (Wildman–Crippen LogP) is 4.36. The molecule has 2 unspecified atom stereocenters. The largest absolute Gasteiger partial charge is 0.465 e. The van der Waals surface area contributed by atoms with Crippen LogP contribution in [0.4, 0.5) is 13.2 Å². The monoisotopic (exact) mass is 263 g/mol. The Kier molecular flexibility index (Phi) is 5.26. The third-order valence-corrected chi connectivity index (χ3v) is 2.82. The first-order valence-electron chi connectivity index (χ1n) is 6.17. The van der Waals surface area contributed by atoms with Crippen LogP contribution >= 0.6 is 0 Å². The summed E-state index contributed by atoms with van der Waals surface area (Å²) in [6.07, 6.45) is -4.11. The molecule has 5 heteroatoms. The Labute approximate surface area is 106 Å². The van der Waals surface area contributed by atoms with Crippen LogP contribution < -0.4 is 5.32 Å². The minimum atomic E-state index is -4.05. The van der Waals surface area contributed by atoms with Crippen LogP contribution in [0.15, 0.2) is 16.5 Å². The SMILES string of the molecule is Cc1ccc(C(C)NC(C)CCCC(F)(F)F)o1. The van der Waals surface area contributed by atoms with Crippen LogP contribution in [0.1, 0.15) is 50.7 Å². The first-order valence-corrected chi connectivity index (χ1v) is 6.17. The molecule has 0 saturated carbocycles. The van der Waals surface area contributed by atoms with E-state index in [2.05, 4.69) is 5.32 Å². The number of hydrogen-bond donors (Lipinski definition) is 1. The maximum Gasteiger partial charge on any atom is 0.389 e. The zero-order valence-corrected chi connectivity index (χ0v) is 11.0. The average Bonchev–Trinajstić information content (AvgIpc) is 2.62. The van der Waals surface area contributed by atoms with Crippen molar-refractivity contribution in [2.24, 2.45) is 0 Å². The molecule has 0 aromatic carbocycles. The third-order valence-electron chi connectivity index (χ3n) is 2.82. The Bertz CT molecular complexity index is 359. The lowest BCUT2D eigenvalue weighted by Crippen LogP contribution is -2.29. The molecule has 0 aliphatic rings. The molecular weight excluding hydrogens is 243 g/mol. The number of hydrogen-bond acceptors (Lipinski definition) is 2. The van der Waals surface area contributed by atoms with Crippen LogP contribution in [-0.4, -0.2) is 12.2 Å². The lowest BCUT2D eigenvalue weighted by atomic mass is 10.1. The molecule has 0 aliphatic carbocycles. The van der Waals surface area contributed by atoms with Gasteiger partial charge in [0.05, 0.1) is 6.04 Å². The van der Waals surface area contributed by atoms with Crippen molar-refractivity contribution >= 4 is 0 Å². The second-order valence-electron chi connectivity index (χ2n) is 4.75. The van der Waals surface area contributed by atoms with Crippen LogP contribution in [0.2, 0.25) is 0 Å². The standard InChI is InChI=1S/C13H20F3NO/c1-9(5-4-8-13(14,15)16)17-11(3)12-7-6-10(2)18-12/h6-7,9,11,17H,4-5,8H2,1-3H3. The number of aryl methyl sites for hydroxylation is 1. The number of nitrogens with one attached hydrogen (secondary N) is 1. The number of halogens is 3. The summed E-state index contributed by atoms with van der Waals surface area (Å²) in [4.78, 5) is 0. The summed E-state index contributed by atoms with van der Waals surface area (Å²) in [5.74, 6) is 1.65. The van der Waals surface area contributed by atoms with Gasteiger partial charge in [0.15, 0.2) is 0 Å². The Morgan fingerprint density at radius 1 is 1.28 bits per heavy atom. The molecule has 0 amide bonds. The highest BCUT2D eigenvalue weighted by molar-refractivity contribution is 5.08. The van der Waals surface area contributed by atoms with Gasteiger partial charge in [0.25, 0.3) is 0 Å². The van der Waals surface area contributed by atoms with Crippen molar-refractivity contribution in [1.29, 1.82) is 0 Å². The highest BCUT2D eigenvalue weighted by Crippen LogP contribution is 2.23. The molecule has 1 aromatic heterocycles. The van der Waals surface area contributed by atoms with E-state index >= 15 is 0 Å². The van der Waals surface area contributed by atoms with Crippen LogP contribution in [0.25, 0.3) is 0 Å². The Balaban J connectivity index is 2.29. The smallest absolute Gasteiger partial charge is 0.389 e. The van der Waals surface area contributed by atoms with Crippen LogP contribution in [0.5, 0.6) is 0 Å². The van der Waals surface area contributed by atoms with Crippen LogP contribution in [0.3, 0.4) is 0 Å². The molecule has 104 valence electrons. The average molecular weight is 263 g/mol. The predicted molar refractivity (Wildman–Crippen MR) is 64.4 cm³/mol. The van der Waals surface area contributed by atoms with Crippen molar-refractivity contribution < 1.29 is 17.6 Å². The summed E-state index contributed by atoms with van der Waals surface area (Å²) in [5.41, 5.74) is 0. The van der Waals surface area contributed by atoms with Gasteiger partial charge in [-0.15, -0.1) is 0 Å². The van der Waals surface area contributed by atoms with E-state index in [0.29, 0.717) is 6.42 Å². The molecule has 0 fully saturated rings. The van der Waals surface area contributed by atoms with Gasteiger partial charge in [-0.05, 0) is 45.7 Å². The van der Waals surface area contributed by atoms with E-state index in [-0.39, 0.29) is 18.5 Å². The van der Waals surface area contributed by atoms with Crippen molar-refractivity contribution in [3.05, 3.63) is 23.7 Å². The summed E-state index contributed by atoms with van der Waals surface area (Å²) >= 11 is 0. The van der Waals surface area contributed by atoms with Gasteiger partial charge in [-0.2, -0.15) is 13.2 Å². The van der Waals surface area contributed by atoms with E-state index in [1.54, 1.807) is 0 Å². The van der Waals surface area contributed by atoms with Crippen molar-refractivity contribution in [2.75, 3.05) is 0 Å². The molecule has 0 aliphatic heterocycles. The van der Waals surface area contributed by atoms with Crippen LogP contribution in [0, 0.1) is 6.92 Å². The fourth-order valence-corrected chi connectivity index (χ4v) is 1.89. The summed E-state index contributed by atoms with van der Waals surface area (Å²) in [6.45, 7) is 5.70. The zero-order valence-electron chi connectivity index (χ0n) is 11.0. The normalized spacial score (nSPS) is 15.7. The molecule has 1 aromatic rings. The summed E-state index contributed by atoms with van der Waals surface area (Å²) in [6, 6.07) is 3.81. The van der Waals surface area contributed by atoms with Gasteiger partial charge in [0, 0.05) is 12.5 Å². The van der Waals surface area contributed by atoms with E-state index in [9.17, 15) is 13.2 Å². The molecule has 2 atom stereocenters. The minimum Gasteiger partial charge on any atom is -0.465 e. The maximum absolute atomic E-state index is 12.0. The van der Waals surface area contributed by atoms with E-state index in [1.807, 2.05) is 32.9 Å². The molecule has 0 saturated heterocycles. The van der Waals surface area contributed by atoms with Gasteiger partial charge >= 0.3 is 6.18 Å². The maximum atomic E-state index is 12.0. The topological polar surface area (TPSA) is 25.2 Å². The van der Waals surface area contributed by atoms with Crippen molar-refractivity contribution in [1.82, 2.24) is 5.32 Å². The highest BCUT2D eigenvalue weighted by Gasteiger charge is 2.26. The van der Waals surface area contributed by atoms with Crippen molar-refractivity contribution in [2.45, 2.75) is 58.3 Å². The van der Waals surface area contributed by atoms with E-state index < -0.39 is 12.6 Å². The summed E-state index contributed by atoms with van der Waals surface area (Å²) < 4.78 is 41.5. The van der Waals surface area contributed by atoms with Crippen molar-refractivity contribution in [3.63, 3.8) is 0 Å². The zero-order chi connectivity index (χ0) is 13.8. The molecule has 18 heavy (non-hydrogen) atoms. The second kappa shape index (κ2) is 6.27. The Morgan fingerprint density at radius 2 is 1.94 bits per heavy atom. The Hall–Kier alpha value is -0.970. The highest BCUT2D eigenvalue weighted by atomic mass is 19.4. The summed E-state index contributed by atoms with van der Waals surface area (Å²) in [5, 5.41) is 3.23. The first-order chi connectivity index (χ1) is 8.28. The fraction of sp³-hybridized carbons (Fsp3) is 0.692. The first kappa shape index (κ1) is 15.1. The lowest BCUT2D eigenvalue weighted by Gasteiger charge is -2.18. The van der Waals surface area contributed by atoms with E-state index in [4.69, 9.17) is 4.42 Å². The van der Waals surface area contributed by atoms with Gasteiger partial charge in [0.1, 0.15) is 11.5 Å². The minimum absolute atomic E-state index is 0.0135. The van der Waals surface area contributed by atoms with Gasteiger partial charge in [-0.1, -0.05) is 0 Å². The number of alkyl halides is 3. The quantitative estimate of drug-likeness (QED) is 0.825. The fourth-order valence-electron chi connectivity index (χ4n) is 1.89. The molecule has 1 heterocycles.